The number of carbonyl (C=O) groups is 1. The van der Waals surface area contributed by atoms with E-state index < -0.39 is 48.9 Å². The van der Waals surface area contributed by atoms with Crippen LogP contribution in [0.25, 0.3) is 0 Å². The van der Waals surface area contributed by atoms with Gasteiger partial charge in [-0.25, -0.2) is 0 Å². The van der Waals surface area contributed by atoms with Crippen LogP contribution in [0.2, 0.25) is 0 Å². The minimum atomic E-state index is -0.958. The maximum atomic E-state index is 12.5. The summed E-state index contributed by atoms with van der Waals surface area (Å²) in [5, 5.41) is 54.8. The van der Waals surface area contributed by atoms with Crippen LogP contribution >= 0.6 is 0 Å². The Balaban J connectivity index is 0.00000190. The first-order chi connectivity index (χ1) is 17.4. The Morgan fingerprint density at radius 1 is 0.944 bits per heavy atom. The Kier molecular flexibility index (Phi) is 18.3. The van der Waals surface area contributed by atoms with Gasteiger partial charge in [0, 0.05) is 39.9 Å². The lowest BCUT2D eigenvalue weighted by molar-refractivity contribution is -0.184. The summed E-state index contributed by atoms with van der Waals surface area (Å²) in [6.45, 7) is 3.57. The smallest absolute Gasteiger partial charge is 0.243 e. The summed E-state index contributed by atoms with van der Waals surface area (Å²) < 4.78 is 16.8. The zero-order valence-corrected chi connectivity index (χ0v) is 21.5. The highest BCUT2D eigenvalue weighted by atomic mass is 16.7. The van der Waals surface area contributed by atoms with Crippen LogP contribution in [-0.4, -0.2) is 101 Å². The van der Waals surface area contributed by atoms with Crippen molar-refractivity contribution in [2.24, 2.45) is 5.73 Å². The lowest BCUT2D eigenvalue weighted by Gasteiger charge is -2.33. The van der Waals surface area contributed by atoms with Crippen molar-refractivity contribution in [2.75, 3.05) is 27.4 Å². The van der Waals surface area contributed by atoms with Crippen LogP contribution in [0.4, 0.5) is 0 Å². The number of aliphatic hydroxyl groups excluding tert-OH is 6. The van der Waals surface area contributed by atoms with Crippen LogP contribution < -0.4 is 15.8 Å². The van der Waals surface area contributed by atoms with Gasteiger partial charge in [0.25, 0.3) is 0 Å². The van der Waals surface area contributed by atoms with E-state index in [9.17, 15) is 25.2 Å². The third kappa shape index (κ3) is 11.5. The van der Waals surface area contributed by atoms with E-state index in [4.69, 9.17) is 30.2 Å². The van der Waals surface area contributed by atoms with Crippen LogP contribution in [0, 0.1) is 0 Å². The molecule has 0 aliphatic carbocycles. The van der Waals surface area contributed by atoms with E-state index in [2.05, 4.69) is 5.32 Å². The molecular formula is C24H44N2O10. The van der Waals surface area contributed by atoms with Crippen molar-refractivity contribution < 1.29 is 49.6 Å². The van der Waals surface area contributed by atoms with E-state index in [0.717, 1.165) is 14.2 Å². The normalized spacial score (nSPS) is 28.0. The van der Waals surface area contributed by atoms with Gasteiger partial charge in [-0.2, -0.15) is 0 Å². The fourth-order valence-electron chi connectivity index (χ4n) is 3.65. The van der Waals surface area contributed by atoms with Crippen LogP contribution in [0.3, 0.4) is 0 Å². The van der Waals surface area contributed by atoms with Crippen molar-refractivity contribution in [3.63, 3.8) is 0 Å². The molecule has 2 aliphatic rings. The summed E-state index contributed by atoms with van der Waals surface area (Å²) in [5.41, 5.74) is 6.59. The Bertz CT molecular complexity index is 694. The van der Waals surface area contributed by atoms with Crippen molar-refractivity contribution in [3.05, 3.63) is 29.8 Å². The van der Waals surface area contributed by atoms with E-state index in [1.54, 1.807) is 24.3 Å². The number of hydrogen-bond donors (Lipinski definition) is 8. The van der Waals surface area contributed by atoms with Gasteiger partial charge in [-0.05, 0) is 17.7 Å². The summed E-state index contributed by atoms with van der Waals surface area (Å²) in [7, 11) is 2.00. The SMILES string of the molecule is CC.CO.CO.NC(C(=O)NC1C[C@@H](O)CC(CO)O1)c1ccc(OC2C[C@@H](O)CC(CO)O2)cc1. The van der Waals surface area contributed by atoms with Gasteiger partial charge in [-0.1, -0.05) is 26.0 Å². The first-order valence-corrected chi connectivity index (χ1v) is 12.0. The molecule has 2 heterocycles. The minimum Gasteiger partial charge on any atom is -0.465 e. The zero-order valence-electron chi connectivity index (χ0n) is 21.5. The quantitative estimate of drug-likeness (QED) is 0.222. The molecule has 3 rings (SSSR count). The van der Waals surface area contributed by atoms with Crippen LogP contribution in [0.5, 0.6) is 5.75 Å². The molecule has 9 N–H and O–H groups in total. The molecule has 0 spiro atoms. The number of aliphatic hydroxyl groups is 6. The van der Waals surface area contributed by atoms with Gasteiger partial charge in [-0.15, -0.1) is 0 Å². The summed E-state index contributed by atoms with van der Waals surface area (Å²) in [4.78, 5) is 12.5. The van der Waals surface area contributed by atoms with Gasteiger partial charge >= 0.3 is 0 Å². The number of nitrogens with one attached hydrogen (secondary N) is 1. The Morgan fingerprint density at radius 2 is 1.44 bits per heavy atom. The topological polar surface area (TPSA) is 204 Å². The number of benzene rings is 1. The van der Waals surface area contributed by atoms with E-state index in [-0.39, 0.29) is 19.6 Å². The predicted molar refractivity (Wildman–Crippen MR) is 132 cm³/mol. The fraction of sp³-hybridized carbons (Fsp3) is 0.708. The zero-order chi connectivity index (χ0) is 27.7. The lowest BCUT2D eigenvalue weighted by Crippen LogP contribution is -2.49. The van der Waals surface area contributed by atoms with Gasteiger partial charge in [0.1, 0.15) is 18.0 Å². The highest BCUT2D eigenvalue weighted by Crippen LogP contribution is 2.25. The van der Waals surface area contributed by atoms with E-state index in [1.807, 2.05) is 13.8 Å². The number of rotatable bonds is 7. The van der Waals surface area contributed by atoms with E-state index >= 15 is 0 Å². The van der Waals surface area contributed by atoms with Gasteiger partial charge in [-0.3, -0.25) is 4.79 Å². The number of carbonyl (C=O) groups excluding carboxylic acids is 1. The first-order valence-electron chi connectivity index (χ1n) is 12.0. The van der Waals surface area contributed by atoms with E-state index in [0.29, 0.717) is 30.6 Å². The molecule has 1 aromatic carbocycles. The van der Waals surface area contributed by atoms with Gasteiger partial charge < -0.3 is 55.9 Å². The molecule has 0 saturated carbocycles. The van der Waals surface area contributed by atoms with Crippen molar-refractivity contribution in [1.82, 2.24) is 5.32 Å². The summed E-state index contributed by atoms with van der Waals surface area (Å²) in [5.74, 6) is 0.00986. The first kappa shape index (κ1) is 34.1. The van der Waals surface area contributed by atoms with Crippen LogP contribution in [0.1, 0.15) is 51.1 Å². The average Bonchev–Trinajstić information content (AvgIpc) is 2.91. The highest BCUT2D eigenvalue weighted by molar-refractivity contribution is 5.83. The van der Waals surface area contributed by atoms with Crippen LogP contribution in [-0.2, 0) is 14.3 Å². The molecule has 2 fully saturated rings. The van der Waals surface area contributed by atoms with Crippen molar-refractivity contribution >= 4 is 5.91 Å². The van der Waals surface area contributed by atoms with Crippen molar-refractivity contribution in [2.45, 2.75) is 82.5 Å². The summed E-state index contributed by atoms with van der Waals surface area (Å²) >= 11 is 0. The maximum Gasteiger partial charge on any atom is 0.243 e. The molecule has 36 heavy (non-hydrogen) atoms. The van der Waals surface area contributed by atoms with Crippen molar-refractivity contribution in [1.29, 1.82) is 0 Å². The summed E-state index contributed by atoms with van der Waals surface area (Å²) in [6.07, 6.45) is -2.48. The molecule has 1 amide bonds. The van der Waals surface area contributed by atoms with E-state index in [1.165, 1.54) is 0 Å². The monoisotopic (exact) mass is 520 g/mol. The average molecular weight is 521 g/mol. The predicted octanol–water partition coefficient (Wildman–Crippen LogP) is -0.859. The minimum absolute atomic E-state index is 0.194. The van der Waals surface area contributed by atoms with Crippen molar-refractivity contribution in [3.8, 4) is 5.75 Å². The Labute approximate surface area is 212 Å². The number of nitrogens with two attached hydrogens (primary N) is 1. The molecule has 0 radical (unpaired) electrons. The summed E-state index contributed by atoms with van der Waals surface area (Å²) in [6, 6.07) is 5.62. The Hall–Kier alpha value is -1.87. The maximum absolute atomic E-state index is 12.5. The highest BCUT2D eigenvalue weighted by Gasteiger charge is 2.31. The molecule has 7 atom stereocenters. The number of hydrogen-bond acceptors (Lipinski definition) is 11. The molecule has 12 nitrogen and oxygen atoms in total. The lowest BCUT2D eigenvalue weighted by atomic mass is 10.0. The molecular weight excluding hydrogens is 476 g/mol. The number of amides is 1. The Morgan fingerprint density at radius 3 is 1.97 bits per heavy atom. The second kappa shape index (κ2) is 19.3. The molecule has 1 aromatic rings. The largest absolute Gasteiger partial charge is 0.465 e. The molecule has 0 bridgehead atoms. The van der Waals surface area contributed by atoms with Gasteiger partial charge in [0.2, 0.25) is 12.2 Å². The third-order valence-corrected chi connectivity index (χ3v) is 5.22. The fourth-order valence-corrected chi connectivity index (χ4v) is 3.65. The molecule has 5 unspecified atom stereocenters. The standard InChI is InChI=1S/C20H30N2O8.C2H6.2CH4O/c21-19(20(27)22-17-7-12(25)5-15(9-23)28-17)11-1-3-14(4-2-11)29-18-8-13(26)6-16(10-24)30-18;3*1-2/h1-4,12-13,15-19,23-26H,5-10,21H2,(H,22,27);1-2H3;2*2H,1H3/t12-,13-,15?,16?,17?,18?,19?;;;/m0.../s1. The van der Waals surface area contributed by atoms with Gasteiger partial charge in [0.05, 0.1) is 37.6 Å². The second-order valence-electron chi connectivity index (χ2n) is 7.72. The molecule has 12 heteroatoms. The number of ether oxygens (including phenoxy) is 3. The molecule has 210 valence electrons. The third-order valence-electron chi connectivity index (χ3n) is 5.22. The van der Waals surface area contributed by atoms with Crippen LogP contribution in [0.15, 0.2) is 24.3 Å². The van der Waals surface area contributed by atoms with Gasteiger partial charge in [0.15, 0.2) is 0 Å². The molecule has 2 saturated heterocycles. The molecule has 0 aromatic heterocycles. The molecule has 2 aliphatic heterocycles. The second-order valence-corrected chi connectivity index (χ2v) is 7.72.